The molecule has 0 aliphatic carbocycles. The third-order valence-electron chi connectivity index (χ3n) is 2.69. The summed E-state index contributed by atoms with van der Waals surface area (Å²) < 4.78 is 67.5. The Morgan fingerprint density at radius 3 is 2.39 bits per heavy atom. The van der Waals surface area contributed by atoms with Gasteiger partial charge in [0.05, 0.1) is 23.7 Å². The van der Waals surface area contributed by atoms with Gasteiger partial charge in [0, 0.05) is 0 Å². The number of hydrogen-bond acceptors (Lipinski definition) is 7. The number of methoxy groups -OCH3 is 1. The van der Waals surface area contributed by atoms with Crippen LogP contribution in [-0.2, 0) is 14.9 Å². The van der Waals surface area contributed by atoms with Crippen LogP contribution in [0.1, 0.15) is 16.1 Å². The third kappa shape index (κ3) is 3.33. The fourth-order valence-corrected chi connectivity index (χ4v) is 2.06. The topological polar surface area (TPSA) is 95.5 Å². The van der Waals surface area contributed by atoms with Gasteiger partial charge in [-0.25, -0.2) is 14.8 Å². The van der Waals surface area contributed by atoms with E-state index in [2.05, 4.69) is 18.9 Å². The van der Waals surface area contributed by atoms with E-state index in [-0.39, 0.29) is 22.3 Å². The van der Waals surface area contributed by atoms with Crippen molar-refractivity contribution in [2.75, 3.05) is 7.11 Å². The number of esters is 1. The summed E-state index contributed by atoms with van der Waals surface area (Å²) in [6.07, 6.45) is 0. The van der Waals surface area contributed by atoms with Gasteiger partial charge in [-0.1, -0.05) is 0 Å². The van der Waals surface area contributed by atoms with E-state index in [1.165, 1.54) is 32.2 Å². The van der Waals surface area contributed by atoms with Crippen LogP contribution in [0.3, 0.4) is 0 Å². The molecule has 0 aliphatic heterocycles. The molecule has 2 rings (SSSR count). The van der Waals surface area contributed by atoms with Crippen molar-refractivity contribution >= 4 is 27.1 Å². The van der Waals surface area contributed by atoms with Crippen LogP contribution in [0.25, 0.3) is 11.0 Å². The lowest BCUT2D eigenvalue weighted by atomic mass is 10.2. The molecule has 7 nitrogen and oxygen atoms in total. The molecular weight excluding hydrogens is 341 g/mol. The standard InChI is InChI=1S/C12H9F3N2O5S/c1-6-10(22-23(19,20)12(13,14)15)17-8-4-3-7(11(18)21-2)5-9(8)16-6/h3-5H,1-2H3. The van der Waals surface area contributed by atoms with E-state index in [0.29, 0.717) is 0 Å². The van der Waals surface area contributed by atoms with Crippen molar-refractivity contribution in [1.29, 1.82) is 0 Å². The molecule has 23 heavy (non-hydrogen) atoms. The first-order chi connectivity index (χ1) is 10.5. The molecule has 11 heteroatoms. The Hall–Kier alpha value is -2.43. The molecule has 0 aliphatic rings. The number of alkyl halides is 3. The van der Waals surface area contributed by atoms with Crippen molar-refractivity contribution in [3.05, 3.63) is 29.5 Å². The predicted octanol–water partition coefficient (Wildman–Crippen LogP) is 1.95. The van der Waals surface area contributed by atoms with E-state index >= 15 is 0 Å². The van der Waals surface area contributed by atoms with Crippen molar-refractivity contribution < 1.29 is 35.3 Å². The van der Waals surface area contributed by atoms with Gasteiger partial charge < -0.3 is 8.92 Å². The van der Waals surface area contributed by atoms with Crippen LogP contribution >= 0.6 is 0 Å². The van der Waals surface area contributed by atoms with Gasteiger partial charge in [0.2, 0.25) is 0 Å². The van der Waals surface area contributed by atoms with Crippen molar-refractivity contribution in [2.45, 2.75) is 12.4 Å². The first-order valence-electron chi connectivity index (χ1n) is 5.92. The quantitative estimate of drug-likeness (QED) is 0.474. The first-order valence-corrected chi connectivity index (χ1v) is 7.33. The summed E-state index contributed by atoms with van der Waals surface area (Å²) in [5.74, 6) is -1.42. The highest BCUT2D eigenvalue weighted by atomic mass is 32.2. The Morgan fingerprint density at radius 2 is 1.83 bits per heavy atom. The summed E-state index contributed by atoms with van der Waals surface area (Å²) in [5.41, 5.74) is -5.39. The first kappa shape index (κ1) is 16.9. The number of ether oxygens (including phenoxy) is 1. The highest BCUT2D eigenvalue weighted by Gasteiger charge is 2.49. The van der Waals surface area contributed by atoms with Gasteiger partial charge in [-0.15, -0.1) is 0 Å². The van der Waals surface area contributed by atoms with E-state index in [9.17, 15) is 26.4 Å². The molecular formula is C12H9F3N2O5S. The largest absolute Gasteiger partial charge is 0.534 e. The van der Waals surface area contributed by atoms with Gasteiger partial charge in [0.15, 0.2) is 0 Å². The fraction of sp³-hybridized carbons (Fsp3) is 0.250. The van der Waals surface area contributed by atoms with Crippen molar-refractivity contribution in [3.8, 4) is 5.88 Å². The summed E-state index contributed by atoms with van der Waals surface area (Å²) in [7, 11) is -4.66. The van der Waals surface area contributed by atoms with Gasteiger partial charge in [0.25, 0.3) is 5.88 Å². The molecule has 0 saturated heterocycles. The van der Waals surface area contributed by atoms with Crippen molar-refractivity contribution in [1.82, 2.24) is 9.97 Å². The SMILES string of the molecule is COC(=O)c1ccc2nc(OS(=O)(=O)C(F)(F)F)c(C)nc2c1. The fourth-order valence-electron chi connectivity index (χ4n) is 1.60. The smallest absolute Gasteiger partial charge is 0.465 e. The normalized spacial score (nSPS) is 12.2. The minimum atomic E-state index is -5.84. The monoisotopic (exact) mass is 350 g/mol. The number of hydrogen-bond donors (Lipinski definition) is 0. The number of fused-ring (bicyclic) bond motifs is 1. The van der Waals surface area contributed by atoms with Crippen LogP contribution in [0.4, 0.5) is 13.2 Å². The second kappa shape index (κ2) is 5.65. The van der Waals surface area contributed by atoms with Crippen LogP contribution < -0.4 is 4.18 Å². The zero-order chi connectivity index (χ0) is 17.4. The zero-order valence-corrected chi connectivity index (χ0v) is 12.5. The Labute approximate surface area is 128 Å². The van der Waals surface area contributed by atoms with E-state index in [1.807, 2.05) is 0 Å². The van der Waals surface area contributed by atoms with Crippen LogP contribution in [0.2, 0.25) is 0 Å². The molecule has 0 fully saturated rings. The molecule has 0 radical (unpaired) electrons. The maximum atomic E-state index is 12.3. The van der Waals surface area contributed by atoms with Crippen molar-refractivity contribution in [2.24, 2.45) is 0 Å². The van der Waals surface area contributed by atoms with E-state index in [0.717, 1.165) is 0 Å². The van der Waals surface area contributed by atoms with E-state index < -0.39 is 27.5 Å². The minimum absolute atomic E-state index is 0.0515. The summed E-state index contributed by atoms with van der Waals surface area (Å²) in [6.45, 7) is 1.22. The van der Waals surface area contributed by atoms with Crippen LogP contribution in [0.5, 0.6) is 5.88 Å². The third-order valence-corrected chi connectivity index (χ3v) is 3.63. The van der Waals surface area contributed by atoms with Crippen molar-refractivity contribution in [3.63, 3.8) is 0 Å². The molecule has 0 amide bonds. The Balaban J connectivity index is 2.49. The molecule has 0 unspecified atom stereocenters. The van der Waals surface area contributed by atoms with Gasteiger partial charge >= 0.3 is 21.6 Å². The van der Waals surface area contributed by atoms with Crippen LogP contribution in [-0.4, -0.2) is 37.0 Å². The average Bonchev–Trinajstić information content (AvgIpc) is 2.45. The lowest BCUT2D eigenvalue weighted by Gasteiger charge is -2.11. The molecule has 1 aromatic heterocycles. The molecule has 0 bridgehead atoms. The summed E-state index contributed by atoms with van der Waals surface area (Å²) >= 11 is 0. The molecule has 1 heterocycles. The highest BCUT2D eigenvalue weighted by molar-refractivity contribution is 7.87. The molecule has 0 spiro atoms. The summed E-state index contributed by atoms with van der Waals surface area (Å²) in [6, 6.07) is 3.89. The van der Waals surface area contributed by atoms with Crippen LogP contribution in [0, 0.1) is 6.92 Å². The van der Waals surface area contributed by atoms with Gasteiger partial charge in [-0.3, -0.25) is 0 Å². The molecule has 0 N–H and O–H groups in total. The average molecular weight is 350 g/mol. The second-order valence-electron chi connectivity index (χ2n) is 4.29. The summed E-state index contributed by atoms with van der Waals surface area (Å²) in [5, 5.41) is 0. The predicted molar refractivity (Wildman–Crippen MR) is 71.2 cm³/mol. The number of halogens is 3. The second-order valence-corrected chi connectivity index (χ2v) is 5.83. The Kier molecular flexibility index (Phi) is 4.16. The molecule has 2 aromatic rings. The van der Waals surface area contributed by atoms with E-state index in [4.69, 9.17) is 0 Å². The molecule has 1 aromatic carbocycles. The lowest BCUT2D eigenvalue weighted by Crippen LogP contribution is -2.28. The number of carbonyl (C=O) groups is 1. The maximum Gasteiger partial charge on any atom is 0.534 e. The van der Waals surface area contributed by atoms with Gasteiger partial charge in [0.1, 0.15) is 5.69 Å². The van der Waals surface area contributed by atoms with Crippen LogP contribution in [0.15, 0.2) is 18.2 Å². The number of aromatic nitrogens is 2. The number of benzene rings is 1. The number of rotatable bonds is 3. The molecule has 0 atom stereocenters. The van der Waals surface area contributed by atoms with Gasteiger partial charge in [-0.05, 0) is 25.1 Å². The summed E-state index contributed by atoms with van der Waals surface area (Å²) in [4.78, 5) is 19.0. The minimum Gasteiger partial charge on any atom is -0.465 e. The maximum absolute atomic E-state index is 12.3. The van der Waals surface area contributed by atoms with E-state index in [1.54, 1.807) is 0 Å². The number of nitrogens with zero attached hydrogens (tertiary/aromatic N) is 2. The lowest BCUT2D eigenvalue weighted by molar-refractivity contribution is -0.0501. The number of carbonyl (C=O) groups excluding carboxylic acids is 1. The zero-order valence-electron chi connectivity index (χ0n) is 11.7. The highest BCUT2D eigenvalue weighted by Crippen LogP contribution is 2.28. The van der Waals surface area contributed by atoms with Gasteiger partial charge in [-0.2, -0.15) is 21.6 Å². The Bertz CT molecular complexity index is 880. The molecule has 124 valence electrons. The molecule has 0 saturated carbocycles. The number of aryl methyl sites for hydroxylation is 1. The Morgan fingerprint density at radius 1 is 1.17 bits per heavy atom.